The normalized spacial score (nSPS) is 11.6. The van der Waals surface area contributed by atoms with Gasteiger partial charge in [-0.25, -0.2) is 4.98 Å². The topological polar surface area (TPSA) is 110 Å². The summed E-state index contributed by atoms with van der Waals surface area (Å²) in [6.45, 7) is 2.01. The molecule has 4 N–H and O–H groups in total. The first-order valence-corrected chi connectivity index (χ1v) is 9.42. The van der Waals surface area contributed by atoms with Crippen molar-refractivity contribution >= 4 is 29.2 Å². The molecule has 2 aromatic carbocycles. The molecular weight excluding hydrogens is 376 g/mol. The highest BCUT2D eigenvalue weighted by atomic mass is 32.2. The lowest BCUT2D eigenvalue weighted by atomic mass is 10.2. The minimum absolute atomic E-state index is 0.0339. The molecule has 1 atom stereocenters. The molecule has 0 aliphatic rings. The van der Waals surface area contributed by atoms with E-state index in [9.17, 15) is 9.59 Å². The quantitative estimate of drug-likeness (QED) is 0.435. The molecule has 0 saturated carbocycles. The number of rotatable bonds is 6. The number of benzene rings is 2. The Morgan fingerprint density at radius 2 is 1.86 bits per heavy atom. The number of aromatic amines is 1. The van der Waals surface area contributed by atoms with E-state index in [1.54, 1.807) is 31.4 Å². The fourth-order valence-electron chi connectivity index (χ4n) is 2.53. The predicted octanol–water partition coefficient (Wildman–Crippen LogP) is 3.47. The zero-order valence-corrected chi connectivity index (χ0v) is 16.2. The molecule has 144 valence electrons. The number of H-pyrrole nitrogens is 1. The van der Waals surface area contributed by atoms with Crippen LogP contribution in [0.2, 0.25) is 0 Å². The van der Waals surface area contributed by atoms with Crippen LogP contribution in [0.1, 0.15) is 28.1 Å². The summed E-state index contributed by atoms with van der Waals surface area (Å²) in [5, 5.41) is 2.99. The number of carbonyl (C=O) groups excluding carboxylic acids is 1. The van der Waals surface area contributed by atoms with Crippen LogP contribution in [0.4, 0.5) is 11.5 Å². The number of nitrogens with one attached hydrogen (secondary N) is 2. The number of ether oxygens (including phenoxy) is 1. The smallest absolute Gasteiger partial charge is 0.277 e. The van der Waals surface area contributed by atoms with Gasteiger partial charge in [0.25, 0.3) is 11.5 Å². The van der Waals surface area contributed by atoms with Crippen molar-refractivity contribution in [1.29, 1.82) is 0 Å². The van der Waals surface area contributed by atoms with Gasteiger partial charge in [-0.05, 0) is 36.8 Å². The highest BCUT2D eigenvalue weighted by Gasteiger charge is 2.16. The van der Waals surface area contributed by atoms with Crippen molar-refractivity contribution < 1.29 is 9.53 Å². The number of methoxy groups -OCH3 is 1. The van der Waals surface area contributed by atoms with Crippen molar-refractivity contribution in [1.82, 2.24) is 9.97 Å². The van der Waals surface area contributed by atoms with Crippen LogP contribution < -0.4 is 21.3 Å². The average Bonchev–Trinajstić information content (AvgIpc) is 2.71. The zero-order chi connectivity index (χ0) is 20.1. The molecule has 8 heteroatoms. The highest BCUT2D eigenvalue weighted by molar-refractivity contribution is 7.99. The molecule has 0 aliphatic heterocycles. The van der Waals surface area contributed by atoms with E-state index in [4.69, 9.17) is 10.5 Å². The molecule has 0 fully saturated rings. The predicted molar refractivity (Wildman–Crippen MR) is 111 cm³/mol. The molecule has 0 bridgehead atoms. The minimum atomic E-state index is -0.503. The number of carbonyl (C=O) groups is 1. The molecule has 0 unspecified atom stereocenters. The van der Waals surface area contributed by atoms with Crippen LogP contribution in [-0.4, -0.2) is 23.0 Å². The summed E-state index contributed by atoms with van der Waals surface area (Å²) in [5.74, 6) is 0.137. The van der Waals surface area contributed by atoms with Crippen molar-refractivity contribution in [2.75, 3.05) is 18.2 Å². The van der Waals surface area contributed by atoms with Crippen molar-refractivity contribution in [2.24, 2.45) is 0 Å². The summed E-state index contributed by atoms with van der Waals surface area (Å²) >= 11 is 1.38. The van der Waals surface area contributed by atoms with Gasteiger partial charge in [0.15, 0.2) is 11.0 Å². The van der Waals surface area contributed by atoms with Gasteiger partial charge in [0, 0.05) is 10.8 Å². The highest BCUT2D eigenvalue weighted by Crippen LogP contribution is 2.32. The third-order valence-electron chi connectivity index (χ3n) is 4.07. The summed E-state index contributed by atoms with van der Waals surface area (Å²) in [7, 11) is 1.54. The molecule has 28 heavy (non-hydrogen) atoms. The summed E-state index contributed by atoms with van der Waals surface area (Å²) in [6, 6.07) is 16.4. The number of nitrogens with zero attached hydrogens (tertiary/aromatic N) is 1. The number of hydrogen-bond donors (Lipinski definition) is 3. The standard InChI is InChI=1S/C20H20N4O3S/c1-12(13-6-4-3-5-7-13)28-20-23-17(21)16(19(26)24-20)22-18(25)14-8-10-15(27-2)11-9-14/h3-12H,1-2H3,(H,22,25)(H3,21,23,24,26)/t12-/m1/s1. The Morgan fingerprint density at radius 1 is 1.18 bits per heavy atom. The molecule has 3 aromatic rings. The van der Waals surface area contributed by atoms with Crippen LogP contribution in [0.25, 0.3) is 0 Å². The van der Waals surface area contributed by atoms with E-state index < -0.39 is 11.5 Å². The van der Waals surface area contributed by atoms with Gasteiger partial charge in [-0.2, -0.15) is 0 Å². The third-order valence-corrected chi connectivity index (χ3v) is 5.12. The Morgan fingerprint density at radius 3 is 2.46 bits per heavy atom. The minimum Gasteiger partial charge on any atom is -0.497 e. The molecule has 1 aromatic heterocycles. The molecule has 1 amide bonds. The Labute approximate surface area is 166 Å². The maximum atomic E-state index is 12.4. The lowest BCUT2D eigenvalue weighted by Crippen LogP contribution is -2.23. The summed E-state index contributed by atoms with van der Waals surface area (Å²) in [4.78, 5) is 31.7. The largest absolute Gasteiger partial charge is 0.497 e. The lowest BCUT2D eigenvalue weighted by molar-refractivity contribution is 0.102. The first-order valence-electron chi connectivity index (χ1n) is 8.54. The monoisotopic (exact) mass is 396 g/mol. The van der Waals surface area contributed by atoms with E-state index in [0.717, 1.165) is 5.56 Å². The van der Waals surface area contributed by atoms with Crippen LogP contribution in [0.3, 0.4) is 0 Å². The van der Waals surface area contributed by atoms with Crippen LogP contribution in [0.15, 0.2) is 64.5 Å². The fourth-order valence-corrected chi connectivity index (χ4v) is 3.46. The van der Waals surface area contributed by atoms with Gasteiger partial charge in [0.1, 0.15) is 11.4 Å². The summed E-state index contributed by atoms with van der Waals surface area (Å²) in [6.07, 6.45) is 0. The molecule has 0 saturated heterocycles. The summed E-state index contributed by atoms with van der Waals surface area (Å²) in [5.41, 5.74) is 6.83. The average molecular weight is 396 g/mol. The van der Waals surface area contributed by atoms with Crippen molar-refractivity contribution in [3.05, 3.63) is 76.1 Å². The zero-order valence-electron chi connectivity index (χ0n) is 15.4. The number of hydrogen-bond acceptors (Lipinski definition) is 6. The number of aromatic nitrogens is 2. The molecule has 0 radical (unpaired) electrons. The maximum absolute atomic E-state index is 12.4. The third kappa shape index (κ3) is 4.52. The van der Waals surface area contributed by atoms with Crippen molar-refractivity contribution in [2.45, 2.75) is 17.3 Å². The van der Waals surface area contributed by atoms with Gasteiger partial charge >= 0.3 is 0 Å². The van der Waals surface area contributed by atoms with Gasteiger partial charge < -0.3 is 15.8 Å². The number of thioether (sulfide) groups is 1. The second-order valence-corrected chi connectivity index (χ2v) is 7.31. The maximum Gasteiger partial charge on any atom is 0.277 e. The molecule has 0 spiro atoms. The lowest BCUT2D eigenvalue weighted by Gasteiger charge is -2.12. The molecule has 0 aliphatic carbocycles. The Hall–Kier alpha value is -3.26. The van der Waals surface area contributed by atoms with Gasteiger partial charge in [-0.15, -0.1) is 0 Å². The number of nitrogen functional groups attached to an aromatic ring is 1. The SMILES string of the molecule is COc1ccc(C(=O)Nc2c(N)nc(S[C@H](C)c3ccccc3)[nH]c2=O)cc1. The molecule has 7 nitrogen and oxygen atoms in total. The van der Waals surface area contributed by atoms with Gasteiger partial charge in [-0.3, -0.25) is 14.6 Å². The van der Waals surface area contributed by atoms with Crippen molar-refractivity contribution in [3.63, 3.8) is 0 Å². The van der Waals surface area contributed by atoms with Gasteiger partial charge in [0.05, 0.1) is 7.11 Å². The van der Waals surface area contributed by atoms with E-state index in [0.29, 0.717) is 16.5 Å². The fraction of sp³-hybridized carbons (Fsp3) is 0.150. The molecule has 3 rings (SSSR count). The summed E-state index contributed by atoms with van der Waals surface area (Å²) < 4.78 is 5.06. The van der Waals surface area contributed by atoms with E-state index in [1.165, 1.54) is 11.8 Å². The second kappa shape index (κ2) is 8.62. The Bertz CT molecular complexity index is 1020. The van der Waals surface area contributed by atoms with E-state index >= 15 is 0 Å². The van der Waals surface area contributed by atoms with Gasteiger partial charge in [0.2, 0.25) is 0 Å². The van der Waals surface area contributed by atoms with Crippen LogP contribution >= 0.6 is 11.8 Å². The number of nitrogens with two attached hydrogens (primary N) is 1. The van der Waals surface area contributed by atoms with E-state index in [1.807, 2.05) is 37.3 Å². The van der Waals surface area contributed by atoms with Crippen LogP contribution in [0.5, 0.6) is 5.75 Å². The van der Waals surface area contributed by atoms with E-state index in [2.05, 4.69) is 15.3 Å². The first kappa shape index (κ1) is 19.5. The van der Waals surface area contributed by atoms with Gasteiger partial charge in [-0.1, -0.05) is 42.1 Å². The first-order chi connectivity index (χ1) is 13.5. The molecule has 1 heterocycles. The Kier molecular flexibility index (Phi) is 6.00. The van der Waals surface area contributed by atoms with E-state index in [-0.39, 0.29) is 16.8 Å². The Balaban J connectivity index is 1.76. The number of amides is 1. The number of anilines is 2. The molecular formula is C20H20N4O3S. The van der Waals surface area contributed by atoms with Crippen LogP contribution in [0, 0.1) is 0 Å². The second-order valence-electron chi connectivity index (χ2n) is 5.98. The van der Waals surface area contributed by atoms with Crippen molar-refractivity contribution in [3.8, 4) is 5.75 Å². The van der Waals surface area contributed by atoms with Crippen LogP contribution in [-0.2, 0) is 0 Å².